The van der Waals surface area contributed by atoms with E-state index in [1.165, 1.54) is 0 Å². The van der Waals surface area contributed by atoms with Gasteiger partial charge < -0.3 is 15.4 Å². The normalized spacial score (nSPS) is 9.93. The number of hydrogen-bond donors (Lipinski definition) is 2. The van der Waals surface area contributed by atoms with Crippen LogP contribution in [0.2, 0.25) is 0 Å². The van der Waals surface area contributed by atoms with Crippen LogP contribution in [0.1, 0.15) is 0 Å². The fourth-order valence-electron chi connectivity index (χ4n) is 0.868. The first-order chi connectivity index (χ1) is 7.31. The lowest BCUT2D eigenvalue weighted by Crippen LogP contribution is -2.36. The van der Waals surface area contributed by atoms with Crippen molar-refractivity contribution in [1.82, 2.24) is 10.6 Å². The van der Waals surface area contributed by atoms with Crippen molar-refractivity contribution in [2.75, 3.05) is 44.9 Å². The van der Waals surface area contributed by atoms with Gasteiger partial charge in [-0.3, -0.25) is 4.79 Å². The monoisotopic (exact) mass is 232 g/mol. The molecule has 0 aromatic heterocycles. The Morgan fingerprint density at radius 3 is 3.00 bits per heavy atom. The van der Waals surface area contributed by atoms with Crippen LogP contribution in [0.4, 0.5) is 0 Å². The van der Waals surface area contributed by atoms with Gasteiger partial charge in [0.2, 0.25) is 5.91 Å². The largest absolute Gasteiger partial charge is 0.383 e. The molecule has 0 fully saturated rings. The first-order valence-corrected chi connectivity index (χ1v) is 6.11. The third-order valence-electron chi connectivity index (χ3n) is 1.57. The summed E-state index contributed by atoms with van der Waals surface area (Å²) in [6.45, 7) is 5.98. The molecule has 1 amide bonds. The van der Waals surface area contributed by atoms with E-state index >= 15 is 0 Å². The van der Waals surface area contributed by atoms with Gasteiger partial charge in [-0.2, -0.15) is 11.8 Å². The van der Waals surface area contributed by atoms with E-state index in [9.17, 15) is 4.79 Å². The van der Waals surface area contributed by atoms with Crippen molar-refractivity contribution < 1.29 is 9.53 Å². The van der Waals surface area contributed by atoms with Crippen LogP contribution in [0.15, 0.2) is 12.7 Å². The van der Waals surface area contributed by atoms with E-state index < -0.39 is 0 Å². The van der Waals surface area contributed by atoms with Gasteiger partial charge in [0.1, 0.15) is 0 Å². The van der Waals surface area contributed by atoms with E-state index in [0.717, 1.165) is 18.1 Å². The average Bonchev–Trinajstić information content (AvgIpc) is 2.23. The predicted octanol–water partition coefficient (Wildman–Crippen LogP) is 0.258. The molecule has 0 spiro atoms. The summed E-state index contributed by atoms with van der Waals surface area (Å²) >= 11 is 1.79. The van der Waals surface area contributed by atoms with Crippen LogP contribution < -0.4 is 10.6 Å². The zero-order valence-corrected chi connectivity index (χ0v) is 10.1. The van der Waals surface area contributed by atoms with Gasteiger partial charge in [-0.15, -0.1) is 6.58 Å². The Morgan fingerprint density at radius 2 is 2.33 bits per heavy atom. The molecule has 0 aromatic carbocycles. The highest BCUT2D eigenvalue weighted by Crippen LogP contribution is 1.96. The van der Waals surface area contributed by atoms with Crippen LogP contribution >= 0.6 is 11.8 Å². The number of methoxy groups -OCH3 is 1. The lowest BCUT2D eigenvalue weighted by molar-refractivity contribution is -0.120. The number of nitrogens with one attached hydrogen (secondary N) is 2. The number of hydrogen-bond acceptors (Lipinski definition) is 4. The van der Waals surface area contributed by atoms with E-state index in [0.29, 0.717) is 19.7 Å². The summed E-state index contributed by atoms with van der Waals surface area (Å²) in [6.07, 6.45) is 1.88. The van der Waals surface area contributed by atoms with Crippen LogP contribution in [-0.2, 0) is 9.53 Å². The molecule has 0 rings (SSSR count). The Hall–Kier alpha value is -0.520. The molecule has 0 bridgehead atoms. The zero-order chi connectivity index (χ0) is 11.4. The minimum absolute atomic E-state index is 0.0146. The highest BCUT2D eigenvalue weighted by atomic mass is 32.2. The van der Waals surface area contributed by atoms with Gasteiger partial charge in [-0.05, 0) is 0 Å². The van der Waals surface area contributed by atoms with E-state index in [2.05, 4.69) is 17.2 Å². The second-order valence-corrected chi connectivity index (χ2v) is 4.03. The molecule has 4 nitrogen and oxygen atoms in total. The Labute approximate surface area is 95.8 Å². The number of carbonyl (C=O) groups is 1. The molecule has 15 heavy (non-hydrogen) atoms. The Kier molecular flexibility index (Phi) is 11.2. The standard InChI is InChI=1S/C10H20N2O2S/c1-3-7-15-8-5-11-9-10(13)12-4-6-14-2/h3,11H,1,4-9H2,2H3,(H,12,13). The summed E-state index contributed by atoms with van der Waals surface area (Å²) in [5.74, 6) is 1.97. The zero-order valence-electron chi connectivity index (χ0n) is 9.25. The number of amides is 1. The van der Waals surface area contributed by atoms with Gasteiger partial charge >= 0.3 is 0 Å². The molecule has 0 unspecified atom stereocenters. The van der Waals surface area contributed by atoms with Crippen molar-refractivity contribution in [3.8, 4) is 0 Å². The molecule has 0 aromatic rings. The van der Waals surface area contributed by atoms with Gasteiger partial charge in [0.05, 0.1) is 13.2 Å². The maximum Gasteiger partial charge on any atom is 0.234 e. The predicted molar refractivity (Wildman–Crippen MR) is 65.3 cm³/mol. The van der Waals surface area contributed by atoms with Crippen LogP contribution in [0.5, 0.6) is 0 Å². The number of ether oxygens (including phenoxy) is 1. The van der Waals surface area contributed by atoms with Crippen molar-refractivity contribution in [2.24, 2.45) is 0 Å². The van der Waals surface area contributed by atoms with Crippen LogP contribution in [0.25, 0.3) is 0 Å². The molecule has 88 valence electrons. The quantitative estimate of drug-likeness (QED) is 0.419. The molecular weight excluding hydrogens is 212 g/mol. The summed E-state index contributed by atoms with van der Waals surface area (Å²) in [5.41, 5.74) is 0. The Balaban J connectivity index is 3.13. The number of thioether (sulfide) groups is 1. The molecule has 0 aliphatic rings. The first kappa shape index (κ1) is 14.5. The summed E-state index contributed by atoms with van der Waals surface area (Å²) in [4.78, 5) is 11.2. The van der Waals surface area contributed by atoms with Crippen molar-refractivity contribution in [3.05, 3.63) is 12.7 Å². The molecule has 0 atom stereocenters. The Morgan fingerprint density at radius 1 is 1.53 bits per heavy atom. The van der Waals surface area contributed by atoms with Crippen molar-refractivity contribution in [1.29, 1.82) is 0 Å². The summed E-state index contributed by atoms with van der Waals surface area (Å²) < 4.78 is 4.81. The van der Waals surface area contributed by atoms with Gasteiger partial charge in [0.25, 0.3) is 0 Å². The minimum atomic E-state index is 0.0146. The molecule has 2 N–H and O–H groups in total. The summed E-state index contributed by atoms with van der Waals surface area (Å²) in [6, 6.07) is 0. The molecule has 0 aliphatic heterocycles. The van der Waals surface area contributed by atoms with E-state index in [1.807, 2.05) is 6.08 Å². The summed E-state index contributed by atoms with van der Waals surface area (Å²) in [7, 11) is 1.61. The van der Waals surface area contributed by atoms with E-state index in [-0.39, 0.29) is 5.91 Å². The second-order valence-electron chi connectivity index (χ2n) is 2.88. The van der Waals surface area contributed by atoms with E-state index in [1.54, 1.807) is 18.9 Å². The maximum atomic E-state index is 11.2. The van der Waals surface area contributed by atoms with Crippen molar-refractivity contribution >= 4 is 17.7 Å². The van der Waals surface area contributed by atoms with Gasteiger partial charge in [-0.1, -0.05) is 6.08 Å². The molecular formula is C10H20N2O2S. The van der Waals surface area contributed by atoms with Crippen molar-refractivity contribution in [3.63, 3.8) is 0 Å². The molecule has 0 radical (unpaired) electrons. The second kappa shape index (κ2) is 11.6. The van der Waals surface area contributed by atoms with Gasteiger partial charge in [0, 0.05) is 31.7 Å². The smallest absolute Gasteiger partial charge is 0.234 e. The lowest BCUT2D eigenvalue weighted by atomic mass is 10.5. The fraction of sp³-hybridized carbons (Fsp3) is 0.700. The average molecular weight is 232 g/mol. The van der Waals surface area contributed by atoms with Crippen LogP contribution in [0.3, 0.4) is 0 Å². The van der Waals surface area contributed by atoms with E-state index in [4.69, 9.17) is 4.74 Å². The molecule has 0 heterocycles. The molecule has 0 saturated carbocycles. The highest BCUT2D eigenvalue weighted by molar-refractivity contribution is 7.99. The lowest BCUT2D eigenvalue weighted by Gasteiger charge is -2.05. The van der Waals surface area contributed by atoms with Gasteiger partial charge in [0.15, 0.2) is 0 Å². The first-order valence-electron chi connectivity index (χ1n) is 4.96. The van der Waals surface area contributed by atoms with Crippen LogP contribution in [-0.4, -0.2) is 50.8 Å². The highest BCUT2D eigenvalue weighted by Gasteiger charge is 1.98. The SMILES string of the molecule is C=CCSCCNCC(=O)NCCOC. The third kappa shape index (κ3) is 11.4. The molecule has 5 heteroatoms. The maximum absolute atomic E-state index is 11.2. The topological polar surface area (TPSA) is 50.4 Å². The van der Waals surface area contributed by atoms with Gasteiger partial charge in [-0.25, -0.2) is 0 Å². The number of carbonyl (C=O) groups excluding carboxylic acids is 1. The number of rotatable bonds is 10. The van der Waals surface area contributed by atoms with Crippen molar-refractivity contribution in [2.45, 2.75) is 0 Å². The molecule has 0 saturated heterocycles. The van der Waals surface area contributed by atoms with Crippen LogP contribution in [0, 0.1) is 0 Å². The molecule has 0 aliphatic carbocycles. The fourth-order valence-corrected chi connectivity index (χ4v) is 1.49. The third-order valence-corrected chi connectivity index (χ3v) is 2.54. The Bertz CT molecular complexity index is 177. The summed E-state index contributed by atoms with van der Waals surface area (Å²) in [5, 5.41) is 5.80. The minimum Gasteiger partial charge on any atom is -0.383 e.